The van der Waals surface area contributed by atoms with E-state index in [1.807, 2.05) is 0 Å². The Balaban J connectivity index is 1.79. The van der Waals surface area contributed by atoms with Crippen LogP contribution in [0.4, 0.5) is 0 Å². The molecule has 2 fully saturated rings. The van der Waals surface area contributed by atoms with Gasteiger partial charge in [0.15, 0.2) is 15.6 Å². The van der Waals surface area contributed by atoms with Crippen molar-refractivity contribution >= 4 is 19.9 Å². The van der Waals surface area contributed by atoms with E-state index >= 15 is 0 Å². The zero-order valence-corrected chi connectivity index (χ0v) is 17.4. The van der Waals surface area contributed by atoms with Gasteiger partial charge in [0.1, 0.15) is 10.6 Å². The summed E-state index contributed by atoms with van der Waals surface area (Å²) in [6, 6.07) is -0.543. The predicted octanol–water partition coefficient (Wildman–Crippen LogP) is 0.192. The van der Waals surface area contributed by atoms with Crippen molar-refractivity contribution in [2.75, 3.05) is 50.9 Å². The average Bonchev–Trinajstić information content (AvgIpc) is 3.14. The second kappa shape index (κ2) is 8.16. The molecule has 154 valence electrons. The first-order valence-corrected chi connectivity index (χ1v) is 12.4. The Labute approximate surface area is 160 Å². The summed E-state index contributed by atoms with van der Waals surface area (Å²) < 4.78 is 62.2. The summed E-state index contributed by atoms with van der Waals surface area (Å²) in [7, 11) is -7.09. The highest BCUT2D eigenvalue weighted by molar-refractivity contribution is 7.92. The zero-order chi connectivity index (χ0) is 19.7. The molecule has 11 heteroatoms. The van der Waals surface area contributed by atoms with Crippen molar-refractivity contribution < 1.29 is 26.1 Å². The van der Waals surface area contributed by atoms with Crippen LogP contribution >= 0.6 is 0 Å². The molecule has 9 nitrogen and oxygen atoms in total. The number of ether oxygens (including phenoxy) is 1. The summed E-state index contributed by atoms with van der Waals surface area (Å²) in [5, 5.41) is 3.75. The van der Waals surface area contributed by atoms with Gasteiger partial charge in [-0.15, -0.1) is 0 Å². The maximum atomic E-state index is 13.3. The lowest BCUT2D eigenvalue weighted by atomic mass is 10.2. The third-order valence-electron chi connectivity index (χ3n) is 5.11. The van der Waals surface area contributed by atoms with Gasteiger partial charge in [-0.2, -0.15) is 4.31 Å². The van der Waals surface area contributed by atoms with Crippen molar-refractivity contribution in [2.45, 2.75) is 37.6 Å². The highest BCUT2D eigenvalue weighted by Crippen LogP contribution is 2.29. The molecule has 2 aliphatic heterocycles. The molecule has 0 bridgehead atoms. The van der Waals surface area contributed by atoms with Gasteiger partial charge < -0.3 is 9.26 Å². The van der Waals surface area contributed by atoms with Gasteiger partial charge in [0.2, 0.25) is 10.0 Å². The van der Waals surface area contributed by atoms with Crippen LogP contribution in [-0.4, -0.2) is 88.1 Å². The Morgan fingerprint density at radius 2 is 1.96 bits per heavy atom. The van der Waals surface area contributed by atoms with E-state index < -0.39 is 25.9 Å². The molecule has 2 saturated heterocycles. The van der Waals surface area contributed by atoms with E-state index in [0.717, 1.165) is 19.6 Å². The summed E-state index contributed by atoms with van der Waals surface area (Å²) in [6.07, 6.45) is 0.946. The first kappa shape index (κ1) is 20.7. The molecule has 2 aliphatic rings. The minimum atomic E-state index is -3.89. The van der Waals surface area contributed by atoms with Crippen molar-refractivity contribution in [1.82, 2.24) is 14.4 Å². The van der Waals surface area contributed by atoms with Crippen LogP contribution in [0.2, 0.25) is 0 Å². The van der Waals surface area contributed by atoms with E-state index in [-0.39, 0.29) is 28.7 Å². The van der Waals surface area contributed by atoms with E-state index in [1.54, 1.807) is 13.8 Å². The maximum Gasteiger partial charge on any atom is 0.248 e. The van der Waals surface area contributed by atoms with Crippen LogP contribution in [0, 0.1) is 13.8 Å². The minimum absolute atomic E-state index is 0.0226. The van der Waals surface area contributed by atoms with Crippen molar-refractivity contribution in [3.05, 3.63) is 11.5 Å². The monoisotopic (exact) mass is 421 g/mol. The summed E-state index contributed by atoms with van der Waals surface area (Å²) >= 11 is 0. The number of hydrogen-bond donors (Lipinski definition) is 0. The van der Waals surface area contributed by atoms with E-state index in [9.17, 15) is 16.8 Å². The standard InChI is InChI=1S/C16H27N3O6S2/c1-13-16(14(2)25-17-13)27(22,23)19(15-4-11-26(20,21)12-15)6-3-5-18-7-9-24-10-8-18/h15H,3-12H2,1-2H3. The number of aromatic nitrogens is 1. The fraction of sp³-hybridized carbons (Fsp3) is 0.812. The molecule has 0 amide bonds. The largest absolute Gasteiger partial charge is 0.379 e. The summed E-state index contributed by atoms with van der Waals surface area (Å²) in [4.78, 5) is 2.29. The van der Waals surface area contributed by atoms with Gasteiger partial charge in [-0.25, -0.2) is 16.8 Å². The quantitative estimate of drug-likeness (QED) is 0.614. The van der Waals surface area contributed by atoms with Gasteiger partial charge in [0.25, 0.3) is 0 Å². The van der Waals surface area contributed by atoms with Gasteiger partial charge in [-0.3, -0.25) is 4.90 Å². The SMILES string of the molecule is Cc1noc(C)c1S(=O)(=O)N(CCCN1CCOCC1)C1CCS(=O)(=O)C1. The maximum absolute atomic E-state index is 13.3. The van der Waals surface area contributed by atoms with Crippen LogP contribution in [0.1, 0.15) is 24.3 Å². The van der Waals surface area contributed by atoms with Gasteiger partial charge in [-0.1, -0.05) is 5.16 Å². The predicted molar refractivity (Wildman–Crippen MR) is 98.8 cm³/mol. The van der Waals surface area contributed by atoms with Crippen molar-refractivity contribution in [3.63, 3.8) is 0 Å². The van der Waals surface area contributed by atoms with E-state index in [1.165, 1.54) is 4.31 Å². The highest BCUT2D eigenvalue weighted by Gasteiger charge is 2.40. The molecule has 0 aliphatic carbocycles. The zero-order valence-electron chi connectivity index (χ0n) is 15.8. The molecule has 1 aromatic rings. The molecular formula is C16H27N3O6S2. The van der Waals surface area contributed by atoms with Gasteiger partial charge in [-0.05, 0) is 33.2 Å². The smallest absolute Gasteiger partial charge is 0.248 e. The van der Waals surface area contributed by atoms with Crippen LogP contribution < -0.4 is 0 Å². The first-order chi connectivity index (χ1) is 12.7. The first-order valence-electron chi connectivity index (χ1n) is 9.16. The number of hydrogen-bond acceptors (Lipinski definition) is 8. The van der Waals surface area contributed by atoms with E-state index in [0.29, 0.717) is 31.7 Å². The number of aryl methyl sites for hydroxylation is 2. The van der Waals surface area contributed by atoms with Gasteiger partial charge in [0.05, 0.1) is 24.7 Å². The molecule has 1 unspecified atom stereocenters. The molecule has 0 N–H and O–H groups in total. The van der Waals surface area contributed by atoms with Crippen molar-refractivity contribution in [2.24, 2.45) is 0 Å². The molecule has 0 radical (unpaired) electrons. The Bertz CT molecular complexity index is 839. The Morgan fingerprint density at radius 1 is 1.26 bits per heavy atom. The third-order valence-corrected chi connectivity index (χ3v) is 9.05. The molecule has 0 saturated carbocycles. The normalized spacial score (nSPS) is 23.9. The molecule has 27 heavy (non-hydrogen) atoms. The molecule has 3 rings (SSSR count). The Kier molecular flexibility index (Phi) is 6.26. The Morgan fingerprint density at radius 3 is 2.52 bits per heavy atom. The second-order valence-electron chi connectivity index (χ2n) is 7.13. The lowest BCUT2D eigenvalue weighted by molar-refractivity contribution is 0.0367. The summed E-state index contributed by atoms with van der Waals surface area (Å²) in [6.45, 7) is 7.18. The van der Waals surface area contributed by atoms with Crippen LogP contribution in [0.5, 0.6) is 0 Å². The second-order valence-corrected chi connectivity index (χ2v) is 11.2. The fourth-order valence-corrected chi connectivity index (χ4v) is 7.55. The fourth-order valence-electron chi connectivity index (χ4n) is 3.74. The van der Waals surface area contributed by atoms with Gasteiger partial charge >= 0.3 is 0 Å². The number of sulfonamides is 1. The molecule has 0 spiro atoms. The van der Waals surface area contributed by atoms with Crippen LogP contribution in [0.15, 0.2) is 9.42 Å². The molecule has 0 aromatic carbocycles. The molecular weight excluding hydrogens is 394 g/mol. The van der Waals surface area contributed by atoms with Gasteiger partial charge in [0, 0.05) is 25.7 Å². The van der Waals surface area contributed by atoms with Crippen LogP contribution in [0.25, 0.3) is 0 Å². The van der Waals surface area contributed by atoms with Crippen LogP contribution in [0.3, 0.4) is 0 Å². The number of morpholine rings is 1. The third kappa shape index (κ3) is 4.70. The van der Waals surface area contributed by atoms with Crippen molar-refractivity contribution in [1.29, 1.82) is 0 Å². The number of sulfone groups is 1. The molecule has 1 atom stereocenters. The molecule has 1 aromatic heterocycles. The summed E-state index contributed by atoms with van der Waals surface area (Å²) in [5.41, 5.74) is 0.298. The van der Waals surface area contributed by atoms with Crippen LogP contribution in [-0.2, 0) is 24.6 Å². The summed E-state index contributed by atoms with van der Waals surface area (Å²) in [5.74, 6) is 0.119. The minimum Gasteiger partial charge on any atom is -0.379 e. The molecule has 3 heterocycles. The number of rotatable bonds is 7. The number of nitrogens with zero attached hydrogens (tertiary/aromatic N) is 3. The van der Waals surface area contributed by atoms with Crippen molar-refractivity contribution in [3.8, 4) is 0 Å². The average molecular weight is 422 g/mol. The Hall–Kier alpha value is -1.01. The van der Waals surface area contributed by atoms with E-state index in [2.05, 4.69) is 10.1 Å². The van der Waals surface area contributed by atoms with E-state index in [4.69, 9.17) is 9.26 Å². The lowest BCUT2D eigenvalue weighted by Crippen LogP contribution is -2.43. The topological polar surface area (TPSA) is 110 Å². The highest BCUT2D eigenvalue weighted by atomic mass is 32.2. The lowest BCUT2D eigenvalue weighted by Gasteiger charge is -2.30.